The van der Waals surface area contributed by atoms with Crippen LogP contribution in [-0.2, 0) is 24.3 Å². The molecule has 0 saturated carbocycles. The quantitative estimate of drug-likeness (QED) is 0.592. The van der Waals surface area contributed by atoms with Crippen LogP contribution in [0.15, 0.2) is 58.5 Å². The third-order valence-electron chi connectivity index (χ3n) is 6.96. The van der Waals surface area contributed by atoms with Gasteiger partial charge >= 0.3 is 0 Å². The number of nitrogens with zero attached hydrogens (tertiary/aromatic N) is 5. The molecule has 0 atom stereocenters. The number of nitrogens with one attached hydrogen (secondary N) is 1. The summed E-state index contributed by atoms with van der Waals surface area (Å²) in [6.07, 6.45) is 0.349. The molecule has 3 heterocycles. The minimum Gasteiger partial charge on any atom is -0.379 e. The maximum atomic E-state index is 13.4. The van der Waals surface area contributed by atoms with E-state index >= 15 is 0 Å². The average molecular weight is 541 g/mol. The third kappa shape index (κ3) is 5.58. The van der Waals surface area contributed by atoms with Crippen molar-refractivity contribution >= 4 is 44.6 Å². The predicted molar refractivity (Wildman–Crippen MR) is 145 cm³/mol. The van der Waals surface area contributed by atoms with Crippen LogP contribution in [0.5, 0.6) is 0 Å². The highest BCUT2D eigenvalue weighted by atomic mass is 32.2. The molecule has 0 spiro atoms. The van der Waals surface area contributed by atoms with Crippen molar-refractivity contribution in [3.8, 4) is 0 Å². The number of carbonyl (C=O) groups is 2. The van der Waals surface area contributed by atoms with E-state index in [1.807, 2.05) is 6.07 Å². The molecular weight excluding hydrogens is 508 g/mol. The number of rotatable bonds is 6. The van der Waals surface area contributed by atoms with E-state index in [4.69, 9.17) is 4.74 Å². The van der Waals surface area contributed by atoms with Gasteiger partial charge in [0.15, 0.2) is 0 Å². The number of hydrogen-bond donors (Lipinski definition) is 1. The van der Waals surface area contributed by atoms with Gasteiger partial charge in [-0.2, -0.15) is 9.41 Å². The summed E-state index contributed by atoms with van der Waals surface area (Å²) in [6.45, 7) is 4.44. The van der Waals surface area contributed by atoms with Crippen molar-refractivity contribution in [1.29, 1.82) is 0 Å². The standard InChI is InChI=1S/C26H32N6O5S/c1-29-11-13-30(14-12-29)24-9-7-21(38(35,36)31-15-17-37-18-16-31)19-23(24)27-26(34)22-8-10-25(33)32(28-22)20-5-3-2-4-6-20/h2-7,9,19H,8,10-18H2,1H3,(H,27,34). The monoisotopic (exact) mass is 540 g/mol. The van der Waals surface area contributed by atoms with E-state index in [1.54, 1.807) is 36.4 Å². The van der Waals surface area contributed by atoms with E-state index in [0.29, 0.717) is 24.6 Å². The van der Waals surface area contributed by atoms with Gasteiger partial charge in [-0.15, -0.1) is 0 Å². The highest BCUT2D eigenvalue weighted by Crippen LogP contribution is 2.32. The lowest BCUT2D eigenvalue weighted by Gasteiger charge is -2.35. The Morgan fingerprint density at radius 3 is 2.37 bits per heavy atom. The molecule has 0 aliphatic carbocycles. The average Bonchev–Trinajstić information content (AvgIpc) is 2.94. The Hall–Kier alpha value is -3.32. The molecule has 2 fully saturated rings. The van der Waals surface area contributed by atoms with E-state index in [-0.39, 0.29) is 42.4 Å². The highest BCUT2D eigenvalue weighted by Gasteiger charge is 2.30. The minimum atomic E-state index is -3.76. The fourth-order valence-corrected chi connectivity index (χ4v) is 6.15. The number of amides is 2. The number of sulfonamides is 1. The van der Waals surface area contributed by atoms with Gasteiger partial charge in [-0.3, -0.25) is 9.59 Å². The van der Waals surface area contributed by atoms with Gasteiger partial charge in [-0.25, -0.2) is 13.4 Å². The first-order valence-corrected chi connectivity index (χ1v) is 14.2. The van der Waals surface area contributed by atoms with Gasteiger partial charge in [0, 0.05) is 52.1 Å². The Morgan fingerprint density at radius 1 is 0.947 bits per heavy atom. The van der Waals surface area contributed by atoms with Crippen LogP contribution >= 0.6 is 0 Å². The molecule has 0 radical (unpaired) electrons. The molecule has 1 N–H and O–H groups in total. The van der Waals surface area contributed by atoms with Crippen LogP contribution in [0.2, 0.25) is 0 Å². The number of morpholine rings is 1. The molecule has 3 aliphatic rings. The summed E-state index contributed by atoms with van der Waals surface area (Å²) in [5.41, 5.74) is 1.94. The largest absolute Gasteiger partial charge is 0.379 e. The summed E-state index contributed by atoms with van der Waals surface area (Å²) in [7, 11) is -1.71. The van der Waals surface area contributed by atoms with Crippen molar-refractivity contribution in [3.63, 3.8) is 0 Å². The van der Waals surface area contributed by atoms with E-state index in [1.165, 1.54) is 15.4 Å². The number of benzene rings is 2. The van der Waals surface area contributed by atoms with Crippen molar-refractivity contribution < 1.29 is 22.7 Å². The van der Waals surface area contributed by atoms with Gasteiger partial charge in [0.1, 0.15) is 5.71 Å². The molecule has 3 aliphatic heterocycles. The zero-order chi connectivity index (χ0) is 26.7. The number of ether oxygens (including phenoxy) is 1. The van der Waals surface area contributed by atoms with Crippen LogP contribution in [-0.4, -0.2) is 94.7 Å². The number of anilines is 3. The summed E-state index contributed by atoms with van der Waals surface area (Å²) in [4.78, 5) is 30.4. The van der Waals surface area contributed by atoms with E-state index in [9.17, 15) is 18.0 Å². The second-order valence-electron chi connectivity index (χ2n) is 9.53. The third-order valence-corrected chi connectivity index (χ3v) is 8.86. The first-order valence-electron chi connectivity index (χ1n) is 12.8. The molecule has 0 unspecified atom stereocenters. The van der Waals surface area contributed by atoms with Crippen molar-refractivity contribution in [1.82, 2.24) is 9.21 Å². The predicted octanol–water partition coefficient (Wildman–Crippen LogP) is 1.58. The van der Waals surface area contributed by atoms with Crippen molar-refractivity contribution in [2.75, 3.05) is 74.8 Å². The lowest BCUT2D eigenvalue weighted by Crippen LogP contribution is -2.45. The van der Waals surface area contributed by atoms with E-state index in [0.717, 1.165) is 31.9 Å². The van der Waals surface area contributed by atoms with Crippen molar-refractivity contribution in [2.24, 2.45) is 5.10 Å². The number of likely N-dealkylation sites (N-methyl/N-ethyl adjacent to an activating group) is 1. The summed E-state index contributed by atoms with van der Waals surface area (Å²) in [5, 5.41) is 8.52. The second-order valence-corrected chi connectivity index (χ2v) is 11.5. The molecule has 11 nitrogen and oxygen atoms in total. The summed E-state index contributed by atoms with van der Waals surface area (Å²) < 4.78 is 33.4. The molecule has 2 aromatic carbocycles. The van der Waals surface area contributed by atoms with Crippen LogP contribution in [0, 0.1) is 0 Å². The van der Waals surface area contributed by atoms with Crippen LogP contribution in [0.1, 0.15) is 12.8 Å². The van der Waals surface area contributed by atoms with Gasteiger partial charge in [0.05, 0.1) is 35.2 Å². The van der Waals surface area contributed by atoms with Gasteiger partial charge < -0.3 is 19.9 Å². The maximum Gasteiger partial charge on any atom is 0.271 e. The fourth-order valence-electron chi connectivity index (χ4n) is 4.72. The van der Waals surface area contributed by atoms with E-state index in [2.05, 4.69) is 27.3 Å². The fraction of sp³-hybridized carbons (Fsp3) is 0.423. The molecule has 202 valence electrons. The lowest BCUT2D eigenvalue weighted by molar-refractivity contribution is -0.118. The number of carbonyl (C=O) groups excluding carboxylic acids is 2. The van der Waals surface area contributed by atoms with Gasteiger partial charge in [0.2, 0.25) is 15.9 Å². The summed E-state index contributed by atoms with van der Waals surface area (Å²) >= 11 is 0. The van der Waals surface area contributed by atoms with Crippen molar-refractivity contribution in [3.05, 3.63) is 48.5 Å². The second kappa shape index (κ2) is 11.2. The minimum absolute atomic E-state index is 0.110. The van der Waals surface area contributed by atoms with Crippen molar-refractivity contribution in [2.45, 2.75) is 17.7 Å². The Morgan fingerprint density at radius 2 is 1.66 bits per heavy atom. The van der Waals surface area contributed by atoms with Gasteiger partial charge in [-0.05, 0) is 37.4 Å². The number of hydrazone groups is 1. The van der Waals surface area contributed by atoms with Gasteiger partial charge in [-0.1, -0.05) is 18.2 Å². The van der Waals surface area contributed by atoms with E-state index < -0.39 is 15.9 Å². The Kier molecular flexibility index (Phi) is 7.75. The van der Waals surface area contributed by atoms with Gasteiger partial charge in [0.25, 0.3) is 5.91 Å². The molecule has 5 rings (SSSR count). The lowest BCUT2D eigenvalue weighted by atomic mass is 10.1. The smallest absolute Gasteiger partial charge is 0.271 e. The molecule has 0 aromatic heterocycles. The van der Waals surface area contributed by atoms with Crippen LogP contribution < -0.4 is 15.2 Å². The number of para-hydroxylation sites is 1. The molecule has 2 amide bonds. The molecular formula is C26H32N6O5S. The zero-order valence-electron chi connectivity index (χ0n) is 21.4. The molecule has 0 bridgehead atoms. The zero-order valence-corrected chi connectivity index (χ0v) is 22.2. The molecule has 2 saturated heterocycles. The SMILES string of the molecule is CN1CCN(c2ccc(S(=O)(=O)N3CCOCC3)cc2NC(=O)C2=NN(c3ccccc3)C(=O)CC2)CC1. The Labute approximate surface area is 222 Å². The normalized spacial score (nSPS) is 19.8. The maximum absolute atomic E-state index is 13.4. The van der Waals surface area contributed by atoms with Crippen LogP contribution in [0.3, 0.4) is 0 Å². The number of hydrogen-bond acceptors (Lipinski definition) is 8. The summed E-state index contributed by atoms with van der Waals surface area (Å²) in [5.74, 6) is -0.654. The first kappa shape index (κ1) is 26.3. The first-order chi connectivity index (χ1) is 18.3. The summed E-state index contributed by atoms with van der Waals surface area (Å²) in [6, 6.07) is 13.8. The molecule has 12 heteroatoms. The molecule has 2 aromatic rings. The Balaban J connectivity index is 1.46. The molecule has 38 heavy (non-hydrogen) atoms. The van der Waals surface area contributed by atoms with Crippen LogP contribution in [0.4, 0.5) is 17.1 Å². The Bertz CT molecular complexity index is 1320. The number of piperazine rings is 1. The topological polar surface area (TPSA) is 115 Å². The van der Waals surface area contributed by atoms with Crippen LogP contribution in [0.25, 0.3) is 0 Å². The highest BCUT2D eigenvalue weighted by molar-refractivity contribution is 7.89.